The molecule has 0 aliphatic heterocycles. The molecule has 0 unspecified atom stereocenters. The lowest BCUT2D eigenvalue weighted by atomic mass is 10.0. The quantitative estimate of drug-likeness (QED) is 0.212. The first-order valence-electron chi connectivity index (χ1n) is 13.0. The van der Waals surface area contributed by atoms with Gasteiger partial charge in [-0.15, -0.1) is 0 Å². The zero-order valence-corrected chi connectivity index (χ0v) is 23.6. The Labute approximate surface area is 239 Å². The summed E-state index contributed by atoms with van der Waals surface area (Å²) in [6, 6.07) is 27.5. The number of ether oxygens (including phenoxy) is 1. The topological polar surface area (TPSA) is 58.6 Å². The van der Waals surface area contributed by atoms with E-state index in [1.807, 2.05) is 86.6 Å². The molecule has 0 heterocycles. The molecule has 0 aliphatic rings. The van der Waals surface area contributed by atoms with Crippen LogP contribution in [0.2, 0.25) is 10.0 Å². The highest BCUT2D eigenvalue weighted by Crippen LogP contribution is 2.28. The molecule has 4 aromatic rings. The third kappa shape index (κ3) is 7.31. The van der Waals surface area contributed by atoms with Crippen LogP contribution in [0.5, 0.6) is 5.75 Å². The number of halogens is 2. The Hall–Kier alpha value is -3.54. The van der Waals surface area contributed by atoms with E-state index in [-0.39, 0.29) is 31.0 Å². The van der Waals surface area contributed by atoms with Gasteiger partial charge in [0, 0.05) is 40.0 Å². The van der Waals surface area contributed by atoms with Crippen molar-refractivity contribution in [3.05, 3.63) is 112 Å². The molecule has 1 N–H and O–H groups in total. The number of nitrogens with one attached hydrogen (secondary N) is 1. The fourth-order valence-corrected chi connectivity index (χ4v) is 4.91. The standard InChI is InChI=1S/C32H32Cl2N2O3/c1-3-22(2)35-32(38)29(19-23-11-5-4-6-12-23)36(20-26-27(33)16-10-17-28(26)34)31(37)21-39-30-18-9-14-24-13-7-8-15-25(24)30/h4-18,22,29H,3,19-21H2,1-2H3,(H,35,38)/t22-,29+/m1/s1. The molecule has 0 saturated heterocycles. The monoisotopic (exact) mass is 562 g/mol. The van der Waals surface area contributed by atoms with E-state index in [2.05, 4.69) is 5.32 Å². The van der Waals surface area contributed by atoms with Gasteiger partial charge in [0.05, 0.1) is 0 Å². The summed E-state index contributed by atoms with van der Waals surface area (Å²) in [4.78, 5) is 29.1. The van der Waals surface area contributed by atoms with Crippen LogP contribution in [0.15, 0.2) is 91.0 Å². The highest BCUT2D eigenvalue weighted by Gasteiger charge is 2.32. The molecular weight excluding hydrogens is 531 g/mol. The summed E-state index contributed by atoms with van der Waals surface area (Å²) in [6.45, 7) is 3.75. The van der Waals surface area contributed by atoms with Gasteiger partial charge in [-0.2, -0.15) is 0 Å². The number of carbonyl (C=O) groups excluding carboxylic acids is 2. The third-order valence-corrected chi connectivity index (χ3v) is 7.47. The molecule has 0 aromatic heterocycles. The van der Waals surface area contributed by atoms with Crippen molar-refractivity contribution in [2.75, 3.05) is 6.61 Å². The van der Waals surface area contributed by atoms with Crippen LogP contribution >= 0.6 is 23.2 Å². The number of amides is 2. The maximum atomic E-state index is 13.9. The summed E-state index contributed by atoms with van der Waals surface area (Å²) in [5, 5.41) is 5.83. The first kappa shape index (κ1) is 28.5. The lowest BCUT2D eigenvalue weighted by molar-refractivity contribution is -0.143. The second-order valence-electron chi connectivity index (χ2n) is 9.51. The molecule has 0 aliphatic carbocycles. The second kappa shape index (κ2) is 13.5. The average Bonchev–Trinajstić information content (AvgIpc) is 2.95. The highest BCUT2D eigenvalue weighted by molar-refractivity contribution is 6.36. The summed E-state index contributed by atoms with van der Waals surface area (Å²) in [5.41, 5.74) is 1.51. The minimum atomic E-state index is -0.808. The van der Waals surface area contributed by atoms with Crippen molar-refractivity contribution >= 4 is 45.8 Å². The van der Waals surface area contributed by atoms with Crippen molar-refractivity contribution in [1.29, 1.82) is 0 Å². The van der Waals surface area contributed by atoms with E-state index in [1.54, 1.807) is 18.2 Å². The molecule has 4 rings (SSSR count). The number of nitrogens with zero attached hydrogens (tertiary/aromatic N) is 1. The van der Waals surface area contributed by atoms with Gasteiger partial charge in [-0.1, -0.05) is 103 Å². The summed E-state index contributed by atoms with van der Waals surface area (Å²) < 4.78 is 6.05. The van der Waals surface area contributed by atoms with Gasteiger partial charge in [-0.25, -0.2) is 0 Å². The lowest BCUT2D eigenvalue weighted by Crippen LogP contribution is -2.53. The van der Waals surface area contributed by atoms with Gasteiger partial charge in [0.1, 0.15) is 11.8 Å². The maximum Gasteiger partial charge on any atom is 0.261 e. The third-order valence-electron chi connectivity index (χ3n) is 6.76. The minimum absolute atomic E-state index is 0.0523. The Bertz CT molecular complexity index is 1400. The zero-order chi connectivity index (χ0) is 27.8. The van der Waals surface area contributed by atoms with E-state index < -0.39 is 6.04 Å². The largest absolute Gasteiger partial charge is 0.483 e. The second-order valence-corrected chi connectivity index (χ2v) is 10.3. The van der Waals surface area contributed by atoms with Crippen LogP contribution in [0.25, 0.3) is 10.8 Å². The smallest absolute Gasteiger partial charge is 0.261 e. The van der Waals surface area contributed by atoms with E-state index in [0.717, 1.165) is 22.8 Å². The fourth-order valence-electron chi connectivity index (χ4n) is 4.39. The van der Waals surface area contributed by atoms with Gasteiger partial charge in [0.25, 0.3) is 5.91 Å². The molecule has 0 bridgehead atoms. The number of hydrogen-bond donors (Lipinski definition) is 1. The first-order valence-corrected chi connectivity index (χ1v) is 13.8. The van der Waals surface area contributed by atoms with Crippen molar-refractivity contribution in [1.82, 2.24) is 10.2 Å². The fraction of sp³-hybridized carbons (Fsp3) is 0.250. The lowest BCUT2D eigenvalue weighted by Gasteiger charge is -2.32. The van der Waals surface area contributed by atoms with Gasteiger partial charge in [-0.05, 0) is 42.5 Å². The Kier molecular flexibility index (Phi) is 9.85. The van der Waals surface area contributed by atoms with E-state index in [9.17, 15) is 9.59 Å². The van der Waals surface area contributed by atoms with Gasteiger partial charge >= 0.3 is 0 Å². The van der Waals surface area contributed by atoms with Crippen LogP contribution in [0.3, 0.4) is 0 Å². The molecule has 2 amide bonds. The zero-order valence-electron chi connectivity index (χ0n) is 22.1. The van der Waals surface area contributed by atoms with Crippen molar-refractivity contribution in [2.45, 2.75) is 45.3 Å². The molecular formula is C32H32Cl2N2O3. The minimum Gasteiger partial charge on any atom is -0.483 e. The summed E-state index contributed by atoms with van der Waals surface area (Å²) in [6.07, 6.45) is 1.09. The van der Waals surface area contributed by atoms with Crippen LogP contribution in [-0.2, 0) is 22.6 Å². The van der Waals surface area contributed by atoms with E-state index in [0.29, 0.717) is 27.8 Å². The average molecular weight is 564 g/mol. The van der Waals surface area contributed by atoms with Crippen molar-refractivity contribution in [3.8, 4) is 5.75 Å². The van der Waals surface area contributed by atoms with Gasteiger partial charge in [0.15, 0.2) is 6.61 Å². The Morgan fingerprint density at radius 3 is 2.23 bits per heavy atom. The van der Waals surface area contributed by atoms with Crippen molar-refractivity contribution in [3.63, 3.8) is 0 Å². The predicted molar refractivity (Wildman–Crippen MR) is 158 cm³/mol. The van der Waals surface area contributed by atoms with Gasteiger partial charge < -0.3 is 15.0 Å². The molecule has 7 heteroatoms. The Balaban J connectivity index is 1.69. The molecule has 5 nitrogen and oxygen atoms in total. The van der Waals surface area contributed by atoms with Crippen LogP contribution < -0.4 is 10.1 Å². The molecule has 202 valence electrons. The number of rotatable bonds is 11. The number of fused-ring (bicyclic) bond motifs is 1. The molecule has 2 atom stereocenters. The maximum absolute atomic E-state index is 13.9. The molecule has 0 saturated carbocycles. The van der Waals surface area contributed by atoms with Crippen LogP contribution in [0.1, 0.15) is 31.4 Å². The highest BCUT2D eigenvalue weighted by atomic mass is 35.5. The first-order chi connectivity index (χ1) is 18.9. The number of benzene rings is 4. The molecule has 0 radical (unpaired) electrons. The van der Waals surface area contributed by atoms with E-state index in [4.69, 9.17) is 27.9 Å². The van der Waals surface area contributed by atoms with Crippen molar-refractivity contribution < 1.29 is 14.3 Å². The summed E-state index contributed by atoms with van der Waals surface area (Å²) in [5.74, 6) is 0.00915. The van der Waals surface area contributed by atoms with Crippen molar-refractivity contribution in [2.24, 2.45) is 0 Å². The predicted octanol–water partition coefficient (Wildman–Crippen LogP) is 7.08. The number of carbonyl (C=O) groups is 2. The van der Waals surface area contributed by atoms with E-state index >= 15 is 0 Å². The van der Waals surface area contributed by atoms with Gasteiger partial charge in [0.2, 0.25) is 5.91 Å². The van der Waals surface area contributed by atoms with Gasteiger partial charge in [-0.3, -0.25) is 9.59 Å². The Morgan fingerprint density at radius 2 is 1.51 bits per heavy atom. The van der Waals surface area contributed by atoms with Crippen LogP contribution in [-0.4, -0.2) is 35.4 Å². The summed E-state index contributed by atoms with van der Waals surface area (Å²) in [7, 11) is 0. The molecule has 0 fully saturated rings. The normalized spacial score (nSPS) is 12.5. The Morgan fingerprint density at radius 1 is 0.872 bits per heavy atom. The molecule has 39 heavy (non-hydrogen) atoms. The SMILES string of the molecule is CC[C@@H](C)NC(=O)[C@H](Cc1ccccc1)N(Cc1c(Cl)cccc1Cl)C(=O)COc1cccc2ccccc12. The number of hydrogen-bond acceptors (Lipinski definition) is 3. The molecule has 4 aromatic carbocycles. The van der Waals surface area contributed by atoms with Crippen LogP contribution in [0, 0.1) is 0 Å². The molecule has 0 spiro atoms. The van der Waals surface area contributed by atoms with E-state index in [1.165, 1.54) is 4.90 Å². The van der Waals surface area contributed by atoms with Crippen LogP contribution in [0.4, 0.5) is 0 Å². The summed E-state index contributed by atoms with van der Waals surface area (Å²) >= 11 is 13.0.